The van der Waals surface area contributed by atoms with Crippen LogP contribution in [0.5, 0.6) is 0 Å². The van der Waals surface area contributed by atoms with Gasteiger partial charge in [-0.25, -0.2) is 0 Å². The maximum atomic E-state index is 13.9. The van der Waals surface area contributed by atoms with Gasteiger partial charge < -0.3 is 14.6 Å². The lowest BCUT2D eigenvalue weighted by Crippen LogP contribution is -2.55. The lowest BCUT2D eigenvalue weighted by Gasteiger charge is -2.60. The van der Waals surface area contributed by atoms with E-state index in [1.165, 1.54) is 11.1 Å². The molecule has 0 radical (unpaired) electrons. The summed E-state index contributed by atoms with van der Waals surface area (Å²) in [6, 6.07) is 0. The van der Waals surface area contributed by atoms with Crippen molar-refractivity contribution in [2.24, 2.45) is 33.5 Å². The monoisotopic (exact) mass is 484 g/mol. The maximum absolute atomic E-state index is 13.9. The normalized spacial score (nSPS) is 46.1. The number of hydrogen-bond donors (Lipinski definition) is 1. The van der Waals surface area contributed by atoms with Crippen LogP contribution in [0.1, 0.15) is 106 Å². The minimum absolute atomic E-state index is 0.0406. The Hall–Kier alpha value is -1.13. The van der Waals surface area contributed by atoms with Gasteiger partial charge >= 0.3 is 5.97 Å². The Bertz CT molecular complexity index is 974. The molecule has 2 saturated carbocycles. The Morgan fingerprint density at radius 2 is 1.77 bits per heavy atom. The fraction of sp³-hybridized carbons (Fsp3) is 0.839. The van der Waals surface area contributed by atoms with E-state index in [4.69, 9.17) is 9.47 Å². The van der Waals surface area contributed by atoms with Gasteiger partial charge in [0, 0.05) is 18.4 Å². The topological polar surface area (TPSA) is 55.8 Å². The van der Waals surface area contributed by atoms with Gasteiger partial charge in [0.15, 0.2) is 0 Å². The number of hydrogen-bond acceptors (Lipinski definition) is 4. The number of fused-ring (bicyclic) bond motifs is 4. The Balaban J connectivity index is 1.49. The van der Waals surface area contributed by atoms with Crippen LogP contribution in [-0.2, 0) is 14.3 Å². The highest BCUT2D eigenvalue weighted by Gasteiger charge is 2.74. The largest absolute Gasteiger partial charge is 0.459 e. The van der Waals surface area contributed by atoms with E-state index in [9.17, 15) is 9.90 Å². The molecule has 1 saturated heterocycles. The van der Waals surface area contributed by atoms with Crippen LogP contribution in [-0.4, -0.2) is 35.5 Å². The molecule has 35 heavy (non-hydrogen) atoms. The summed E-state index contributed by atoms with van der Waals surface area (Å²) in [7, 11) is 1.78. The van der Waals surface area contributed by atoms with Crippen molar-refractivity contribution in [3.63, 3.8) is 0 Å². The van der Waals surface area contributed by atoms with Crippen LogP contribution in [0.4, 0.5) is 0 Å². The third-order valence-electron chi connectivity index (χ3n) is 12.1. The van der Waals surface area contributed by atoms with Crippen molar-refractivity contribution in [3.05, 3.63) is 23.3 Å². The predicted molar refractivity (Wildman–Crippen MR) is 139 cm³/mol. The van der Waals surface area contributed by atoms with Crippen molar-refractivity contribution in [1.82, 2.24) is 0 Å². The highest BCUT2D eigenvalue weighted by atomic mass is 16.6. The summed E-state index contributed by atoms with van der Waals surface area (Å²) in [4.78, 5) is 13.9. The van der Waals surface area contributed by atoms with Gasteiger partial charge in [0.05, 0.1) is 17.1 Å². The molecule has 4 aliphatic carbocycles. The first-order valence-corrected chi connectivity index (χ1v) is 14.1. The van der Waals surface area contributed by atoms with E-state index in [0.29, 0.717) is 5.92 Å². The molecule has 0 aromatic rings. The van der Waals surface area contributed by atoms with E-state index >= 15 is 0 Å². The predicted octanol–water partition coefficient (Wildman–Crippen LogP) is 6.76. The average molecular weight is 485 g/mol. The Labute approximate surface area is 212 Å². The highest BCUT2D eigenvalue weighted by molar-refractivity contribution is 5.84. The molecular weight excluding hydrogens is 436 g/mol. The van der Waals surface area contributed by atoms with Gasteiger partial charge in [-0.1, -0.05) is 39.8 Å². The van der Waals surface area contributed by atoms with E-state index in [1.807, 2.05) is 0 Å². The number of allylic oxidation sites excluding steroid dienone is 4. The molecule has 196 valence electrons. The lowest BCUT2D eigenvalue weighted by molar-refractivity contribution is -0.158. The van der Waals surface area contributed by atoms with Gasteiger partial charge in [-0.15, -0.1) is 0 Å². The molecule has 0 aromatic carbocycles. The number of cyclic esters (lactones) is 1. The molecule has 1 N–H and O–H groups in total. The summed E-state index contributed by atoms with van der Waals surface area (Å²) in [6.45, 7) is 15.8. The van der Waals surface area contributed by atoms with E-state index in [2.05, 4.69) is 60.6 Å². The fourth-order valence-corrected chi connectivity index (χ4v) is 9.58. The smallest absolute Gasteiger partial charge is 0.314 e. The molecule has 0 aromatic heterocycles. The zero-order valence-corrected chi connectivity index (χ0v) is 23.4. The second kappa shape index (κ2) is 7.69. The molecule has 1 heterocycles. The van der Waals surface area contributed by atoms with Crippen molar-refractivity contribution in [1.29, 1.82) is 0 Å². The lowest BCUT2D eigenvalue weighted by atomic mass is 9.44. The molecule has 1 aliphatic heterocycles. The molecule has 3 fully saturated rings. The van der Waals surface area contributed by atoms with Gasteiger partial charge in [0.25, 0.3) is 0 Å². The minimum atomic E-state index is -0.444. The van der Waals surface area contributed by atoms with E-state index in [0.717, 1.165) is 57.8 Å². The first-order valence-electron chi connectivity index (χ1n) is 14.1. The number of carbonyl (C=O) groups is 1. The SMILES string of the molecule is COC(C)(C)CCCC1(C)OC(=O)[C@]23CC=C4C(=CC[C@H]5C(C)(C)[C@@H](O)CC[C@]45C)[C@]2(C)CC[C@H]13. The first-order chi connectivity index (χ1) is 16.2. The van der Waals surface area contributed by atoms with Crippen LogP contribution < -0.4 is 0 Å². The summed E-state index contributed by atoms with van der Waals surface area (Å²) < 4.78 is 12.0. The number of ether oxygens (including phenoxy) is 2. The third kappa shape index (κ3) is 3.20. The molecule has 4 heteroatoms. The average Bonchev–Trinajstić information content (AvgIpc) is 3.22. The highest BCUT2D eigenvalue weighted by Crippen LogP contribution is 2.74. The summed E-state index contributed by atoms with van der Waals surface area (Å²) in [5, 5.41) is 10.8. The minimum Gasteiger partial charge on any atom is -0.459 e. The molecule has 1 unspecified atom stereocenters. The van der Waals surface area contributed by atoms with Crippen LogP contribution in [0.25, 0.3) is 0 Å². The van der Waals surface area contributed by atoms with Gasteiger partial charge in [-0.3, -0.25) is 4.79 Å². The second-order valence-corrected chi connectivity index (χ2v) is 14.4. The molecule has 5 aliphatic rings. The van der Waals surface area contributed by atoms with Crippen LogP contribution in [0.3, 0.4) is 0 Å². The van der Waals surface area contributed by atoms with Gasteiger partial charge in [-0.05, 0) is 106 Å². The quantitative estimate of drug-likeness (QED) is 0.438. The summed E-state index contributed by atoms with van der Waals surface area (Å²) in [5.41, 5.74) is 1.70. The number of carbonyl (C=O) groups excluding carboxylic acids is 1. The zero-order chi connectivity index (χ0) is 25.7. The number of methoxy groups -OCH3 is 1. The van der Waals surface area contributed by atoms with Gasteiger partial charge in [0.2, 0.25) is 0 Å². The van der Waals surface area contributed by atoms with Crippen LogP contribution in [0.15, 0.2) is 23.3 Å². The molecule has 0 amide bonds. The fourth-order valence-electron chi connectivity index (χ4n) is 9.58. The number of rotatable bonds is 5. The van der Waals surface area contributed by atoms with Crippen LogP contribution in [0, 0.1) is 33.5 Å². The first kappa shape index (κ1) is 25.5. The number of aliphatic hydroxyl groups is 1. The Morgan fingerprint density at radius 1 is 1.06 bits per heavy atom. The molecule has 7 atom stereocenters. The number of aliphatic hydroxyl groups excluding tert-OH is 1. The van der Waals surface area contributed by atoms with Gasteiger partial charge in [-0.2, -0.15) is 0 Å². The molecule has 1 spiro atoms. The Kier molecular flexibility index (Phi) is 5.61. The molecule has 0 bridgehead atoms. The molecule has 4 nitrogen and oxygen atoms in total. The zero-order valence-electron chi connectivity index (χ0n) is 23.4. The standard InChI is InChI=1S/C31H48O4/c1-26(2,34-8)15-9-16-30(7)23-13-18-29(6)21-10-11-22-27(3,4)24(32)14-17-28(22,5)20(21)12-19-31(23,29)25(33)35-30/h10,12,22-24,32H,9,11,13-19H2,1-8H3/t22-,23+,24-,28+,29-,30?,31+/m0/s1. The Morgan fingerprint density at radius 3 is 2.46 bits per heavy atom. The summed E-state index contributed by atoms with van der Waals surface area (Å²) >= 11 is 0. The van der Waals surface area contributed by atoms with Gasteiger partial charge in [0.1, 0.15) is 5.60 Å². The summed E-state index contributed by atoms with van der Waals surface area (Å²) in [6.07, 6.45) is 13.3. The second-order valence-electron chi connectivity index (χ2n) is 14.4. The van der Waals surface area contributed by atoms with E-state index < -0.39 is 11.0 Å². The summed E-state index contributed by atoms with van der Waals surface area (Å²) in [5.74, 6) is 0.722. The van der Waals surface area contributed by atoms with Crippen molar-refractivity contribution in [2.45, 2.75) is 124 Å². The van der Waals surface area contributed by atoms with Crippen molar-refractivity contribution in [3.8, 4) is 0 Å². The van der Waals surface area contributed by atoms with Crippen LogP contribution >= 0.6 is 0 Å². The maximum Gasteiger partial charge on any atom is 0.314 e. The number of esters is 1. The van der Waals surface area contributed by atoms with Crippen molar-refractivity contribution >= 4 is 5.97 Å². The van der Waals surface area contributed by atoms with E-state index in [1.54, 1.807) is 7.11 Å². The molecular formula is C31H48O4. The van der Waals surface area contributed by atoms with E-state index in [-0.39, 0.29) is 39.8 Å². The van der Waals surface area contributed by atoms with Crippen molar-refractivity contribution < 1.29 is 19.4 Å². The molecule has 5 rings (SSSR count). The van der Waals surface area contributed by atoms with Crippen molar-refractivity contribution in [2.75, 3.05) is 7.11 Å². The third-order valence-corrected chi connectivity index (χ3v) is 12.1. The van der Waals surface area contributed by atoms with Crippen LogP contribution in [0.2, 0.25) is 0 Å².